The maximum Gasteiger partial charge on any atom is 0.459 e. The summed E-state index contributed by atoms with van der Waals surface area (Å²) in [5, 5.41) is 0. The van der Waals surface area contributed by atoms with Gasteiger partial charge in [-0.25, -0.2) is 0 Å². The number of hydrogen-bond donors (Lipinski definition) is 0. The molecular formula is C3F6LiO. The third kappa shape index (κ3) is 4.32. The molecule has 11 heavy (non-hydrogen) atoms. The van der Waals surface area contributed by atoms with Crippen molar-refractivity contribution in [1.29, 1.82) is 0 Å². The summed E-state index contributed by atoms with van der Waals surface area (Å²) in [6, 6.07) is 0. The summed E-state index contributed by atoms with van der Waals surface area (Å²) in [4.78, 5) is 9.24. The van der Waals surface area contributed by atoms with Gasteiger partial charge >= 0.3 is 18.1 Å². The molecule has 0 rings (SSSR count). The number of carbonyl (C=O) groups excluding carboxylic acids is 1. The van der Waals surface area contributed by atoms with E-state index in [1.54, 1.807) is 0 Å². The molecule has 0 bridgehead atoms. The molecule has 0 aromatic heterocycles. The minimum absolute atomic E-state index is 0. The molecule has 0 aliphatic rings. The molecule has 61 valence electrons. The van der Waals surface area contributed by atoms with E-state index in [-0.39, 0.29) is 18.9 Å². The van der Waals surface area contributed by atoms with Crippen LogP contribution in [0.3, 0.4) is 0 Å². The van der Waals surface area contributed by atoms with Crippen LogP contribution in [0.2, 0.25) is 0 Å². The summed E-state index contributed by atoms with van der Waals surface area (Å²) in [5.74, 6) is -3.68. The fourth-order valence-corrected chi connectivity index (χ4v) is 0.161. The second-order valence-electron chi connectivity index (χ2n) is 1.32. The Morgan fingerprint density at radius 2 is 1.00 bits per heavy atom. The summed E-state index contributed by atoms with van der Waals surface area (Å²) in [6.07, 6.45) is -11.6. The minimum Gasteiger partial charge on any atom is -0.279 e. The Labute approximate surface area is 68.9 Å². The minimum atomic E-state index is -5.82. The van der Waals surface area contributed by atoms with Crippen LogP contribution in [0.1, 0.15) is 0 Å². The first-order chi connectivity index (χ1) is 4.15. The molecule has 0 aliphatic heterocycles. The third-order valence-corrected chi connectivity index (χ3v) is 0.515. The largest absolute Gasteiger partial charge is 0.459 e. The van der Waals surface area contributed by atoms with Crippen LogP contribution in [0.25, 0.3) is 0 Å². The van der Waals surface area contributed by atoms with Crippen LogP contribution >= 0.6 is 0 Å². The molecule has 0 atom stereocenters. The van der Waals surface area contributed by atoms with Crippen LogP contribution < -0.4 is 0 Å². The van der Waals surface area contributed by atoms with E-state index in [0.29, 0.717) is 0 Å². The van der Waals surface area contributed by atoms with Gasteiger partial charge in [-0.1, -0.05) is 0 Å². The van der Waals surface area contributed by atoms with Gasteiger partial charge in [-0.3, -0.25) is 4.79 Å². The number of rotatable bonds is 0. The monoisotopic (exact) mass is 173 g/mol. The fourth-order valence-electron chi connectivity index (χ4n) is 0.161. The van der Waals surface area contributed by atoms with E-state index >= 15 is 0 Å². The Morgan fingerprint density at radius 1 is 0.818 bits per heavy atom. The van der Waals surface area contributed by atoms with Crippen molar-refractivity contribution in [2.75, 3.05) is 0 Å². The summed E-state index contributed by atoms with van der Waals surface area (Å²) in [5.41, 5.74) is 0. The maximum atomic E-state index is 10.9. The Bertz CT molecular complexity index is 129. The molecule has 1 nitrogen and oxygen atoms in total. The number of Topliss-reactive ketones (excluding diaryl/α,β-unsaturated/α-hetero) is 1. The van der Waals surface area contributed by atoms with Crippen molar-refractivity contribution in [2.45, 2.75) is 12.4 Å². The predicted molar refractivity (Wildman–Crippen MR) is 22.9 cm³/mol. The molecule has 0 aromatic rings. The van der Waals surface area contributed by atoms with Crippen molar-refractivity contribution in [3.05, 3.63) is 0 Å². The van der Waals surface area contributed by atoms with Crippen LogP contribution in [0.4, 0.5) is 26.3 Å². The molecule has 0 aliphatic carbocycles. The zero-order chi connectivity index (χ0) is 8.58. The zero-order valence-electron chi connectivity index (χ0n) is 5.18. The summed E-state index contributed by atoms with van der Waals surface area (Å²) >= 11 is 0. The topological polar surface area (TPSA) is 17.1 Å². The van der Waals surface area contributed by atoms with Crippen LogP contribution in [-0.2, 0) is 4.79 Å². The third-order valence-electron chi connectivity index (χ3n) is 0.515. The standard InChI is InChI=1S/C3F6O.Li/c4-2(5,6)1(10)3(7,8)9;. The second-order valence-corrected chi connectivity index (χ2v) is 1.32. The Kier molecular flexibility index (Phi) is 4.27. The molecular weight excluding hydrogens is 173 g/mol. The van der Waals surface area contributed by atoms with Gasteiger partial charge in [-0.05, 0) is 0 Å². The molecule has 0 saturated heterocycles. The number of alkyl halides is 6. The van der Waals surface area contributed by atoms with Gasteiger partial charge in [0.05, 0.1) is 0 Å². The van der Waals surface area contributed by atoms with E-state index in [4.69, 9.17) is 0 Å². The SMILES string of the molecule is O=C(C(F)(F)F)C(F)(F)F.[Li]. The van der Waals surface area contributed by atoms with Gasteiger partial charge < -0.3 is 0 Å². The van der Waals surface area contributed by atoms with Crippen molar-refractivity contribution in [3.63, 3.8) is 0 Å². The summed E-state index contributed by atoms with van der Waals surface area (Å²) < 4.78 is 65.3. The van der Waals surface area contributed by atoms with Crippen LogP contribution in [0.15, 0.2) is 0 Å². The molecule has 0 spiro atoms. The molecule has 0 fully saturated rings. The Hall–Kier alpha value is -0.153. The zero-order valence-corrected chi connectivity index (χ0v) is 5.18. The quantitative estimate of drug-likeness (QED) is 0.398. The molecule has 8 heteroatoms. The number of halogens is 6. The number of hydrogen-bond acceptors (Lipinski definition) is 1. The first-order valence-electron chi connectivity index (χ1n) is 1.84. The second kappa shape index (κ2) is 3.50. The van der Waals surface area contributed by atoms with Crippen LogP contribution in [0, 0.1) is 0 Å². The van der Waals surface area contributed by atoms with E-state index < -0.39 is 18.1 Å². The van der Waals surface area contributed by atoms with Crippen molar-refractivity contribution in [2.24, 2.45) is 0 Å². The molecule has 0 heterocycles. The van der Waals surface area contributed by atoms with Gasteiger partial charge in [0, 0.05) is 18.9 Å². The van der Waals surface area contributed by atoms with Gasteiger partial charge in [-0.15, -0.1) is 0 Å². The average molecular weight is 173 g/mol. The molecule has 0 aromatic carbocycles. The van der Waals surface area contributed by atoms with Crippen LogP contribution in [-0.4, -0.2) is 37.0 Å². The molecule has 1 radical (unpaired) electrons. The van der Waals surface area contributed by atoms with Gasteiger partial charge in [0.2, 0.25) is 0 Å². The van der Waals surface area contributed by atoms with E-state index in [2.05, 4.69) is 0 Å². The van der Waals surface area contributed by atoms with Crippen molar-refractivity contribution >= 4 is 24.6 Å². The Balaban J connectivity index is 0. The summed E-state index contributed by atoms with van der Waals surface area (Å²) in [7, 11) is 0. The normalized spacial score (nSPS) is 12.2. The van der Waals surface area contributed by atoms with Gasteiger partial charge in [0.25, 0.3) is 0 Å². The molecule has 0 N–H and O–H groups in total. The van der Waals surface area contributed by atoms with E-state index in [1.165, 1.54) is 0 Å². The maximum absolute atomic E-state index is 10.9. The summed E-state index contributed by atoms with van der Waals surface area (Å²) in [6.45, 7) is 0. The number of carbonyl (C=O) groups is 1. The van der Waals surface area contributed by atoms with Crippen LogP contribution in [0.5, 0.6) is 0 Å². The average Bonchev–Trinajstić information content (AvgIpc) is 1.59. The van der Waals surface area contributed by atoms with Gasteiger partial charge in [0.15, 0.2) is 0 Å². The fraction of sp³-hybridized carbons (Fsp3) is 0.667. The predicted octanol–water partition coefficient (Wildman–Crippen LogP) is 1.30. The molecule has 0 unspecified atom stereocenters. The molecule has 0 amide bonds. The van der Waals surface area contributed by atoms with E-state index in [9.17, 15) is 31.1 Å². The van der Waals surface area contributed by atoms with Crippen molar-refractivity contribution in [3.8, 4) is 0 Å². The van der Waals surface area contributed by atoms with E-state index in [0.717, 1.165) is 0 Å². The van der Waals surface area contributed by atoms with Crippen molar-refractivity contribution in [1.82, 2.24) is 0 Å². The number of ketones is 1. The van der Waals surface area contributed by atoms with Gasteiger partial charge in [0.1, 0.15) is 0 Å². The van der Waals surface area contributed by atoms with E-state index in [1.807, 2.05) is 0 Å². The first kappa shape index (κ1) is 13.4. The van der Waals surface area contributed by atoms with Gasteiger partial charge in [-0.2, -0.15) is 26.3 Å². The van der Waals surface area contributed by atoms with Crippen molar-refractivity contribution < 1.29 is 31.1 Å². The molecule has 0 saturated carbocycles. The Morgan fingerprint density at radius 3 is 1.00 bits per heavy atom. The first-order valence-corrected chi connectivity index (χ1v) is 1.84. The smallest absolute Gasteiger partial charge is 0.279 e.